The number of methoxy groups -OCH3 is 1. The van der Waals surface area contributed by atoms with Crippen molar-refractivity contribution >= 4 is 29.2 Å². The number of ether oxygens (including phenoxy) is 1. The highest BCUT2D eigenvalue weighted by Gasteiger charge is 2.41. The number of carbonyl (C=O) groups is 2. The van der Waals surface area contributed by atoms with Crippen LogP contribution in [0.5, 0.6) is 0 Å². The van der Waals surface area contributed by atoms with Crippen LogP contribution < -0.4 is 4.90 Å². The Labute approximate surface area is 325 Å². The van der Waals surface area contributed by atoms with Crippen LogP contribution in [0.3, 0.4) is 0 Å². The number of amides is 1. The predicted molar refractivity (Wildman–Crippen MR) is 216 cm³/mol. The van der Waals surface area contributed by atoms with Crippen molar-refractivity contribution in [3.8, 4) is 11.4 Å². The van der Waals surface area contributed by atoms with Crippen molar-refractivity contribution in [1.29, 1.82) is 0 Å². The van der Waals surface area contributed by atoms with E-state index in [4.69, 9.17) is 20.0 Å². The summed E-state index contributed by atoms with van der Waals surface area (Å²) in [7, 11) is 1.32. The van der Waals surface area contributed by atoms with E-state index in [2.05, 4.69) is 65.1 Å². The largest absolute Gasteiger partial charge is 0.468 e. The molecule has 0 aliphatic carbocycles. The van der Waals surface area contributed by atoms with Gasteiger partial charge in [0.2, 0.25) is 5.82 Å². The Kier molecular flexibility index (Phi) is 10.2. The minimum Gasteiger partial charge on any atom is -0.468 e. The summed E-state index contributed by atoms with van der Waals surface area (Å²) in [6.45, 7) is 2.54. The highest BCUT2D eigenvalue weighted by molar-refractivity contribution is 6.36. The van der Waals surface area contributed by atoms with Gasteiger partial charge in [0.15, 0.2) is 5.54 Å². The molecular formula is C46H41N7O3. The normalized spacial score (nSPS) is 13.3. The Morgan fingerprint density at radius 3 is 2.00 bits per heavy atom. The summed E-state index contributed by atoms with van der Waals surface area (Å²) in [5.41, 5.74) is 6.83. The van der Waals surface area contributed by atoms with Crippen molar-refractivity contribution < 1.29 is 14.3 Å². The first-order valence-corrected chi connectivity index (χ1v) is 18.8. The van der Waals surface area contributed by atoms with E-state index in [0.717, 1.165) is 64.2 Å². The fourth-order valence-electron chi connectivity index (χ4n) is 7.50. The molecule has 0 saturated carbocycles. The molecule has 0 bridgehead atoms. The number of unbranched alkanes of at least 4 members (excludes halogenated alkanes) is 1. The van der Waals surface area contributed by atoms with Crippen molar-refractivity contribution in [2.75, 3.05) is 18.6 Å². The number of imidazole rings is 1. The second kappa shape index (κ2) is 15.8. The Morgan fingerprint density at radius 1 is 0.786 bits per heavy atom. The van der Waals surface area contributed by atoms with Gasteiger partial charge in [0.05, 0.1) is 30.3 Å². The van der Waals surface area contributed by atoms with Gasteiger partial charge >= 0.3 is 5.97 Å². The highest BCUT2D eigenvalue weighted by Crippen LogP contribution is 2.40. The van der Waals surface area contributed by atoms with Gasteiger partial charge in [-0.3, -0.25) is 14.5 Å². The average Bonchev–Trinajstić information content (AvgIpc) is 3.96. The molecule has 7 aromatic rings. The number of benzene rings is 5. The van der Waals surface area contributed by atoms with E-state index in [1.807, 2.05) is 103 Å². The van der Waals surface area contributed by atoms with E-state index in [9.17, 15) is 9.59 Å². The first-order valence-electron chi connectivity index (χ1n) is 18.8. The molecule has 278 valence electrons. The van der Waals surface area contributed by atoms with Gasteiger partial charge in [-0.2, -0.15) is 0 Å². The minimum atomic E-state index is -0.867. The van der Waals surface area contributed by atoms with Crippen LogP contribution >= 0.6 is 0 Å². The second-order valence-electron chi connectivity index (χ2n) is 13.7. The molecule has 2 aromatic heterocycles. The van der Waals surface area contributed by atoms with E-state index in [1.165, 1.54) is 12.0 Å². The molecule has 8 rings (SSSR count). The Balaban J connectivity index is 1.13. The third kappa shape index (κ3) is 6.70. The molecule has 1 amide bonds. The van der Waals surface area contributed by atoms with Gasteiger partial charge in [0.25, 0.3) is 5.91 Å². The van der Waals surface area contributed by atoms with E-state index in [0.29, 0.717) is 23.6 Å². The number of carbonyl (C=O) groups excluding carboxylic acids is 2. The predicted octanol–water partition coefficient (Wildman–Crippen LogP) is 7.83. The SMILES string of the molecule is CCCCc1ncc(C=C2C(=O)N(CC(=O)OC)c3ccccc32)n1Cc1ccc(-c2nnn(C(c3ccccc3)(c3ccccc3)c3ccccc3)n2)cc1. The maximum absolute atomic E-state index is 13.7. The fourth-order valence-corrected chi connectivity index (χ4v) is 7.50. The van der Waals surface area contributed by atoms with Gasteiger partial charge in [0.1, 0.15) is 12.4 Å². The molecule has 10 nitrogen and oxygen atoms in total. The third-order valence-corrected chi connectivity index (χ3v) is 10.3. The van der Waals surface area contributed by atoms with Crippen LogP contribution in [0.4, 0.5) is 5.69 Å². The van der Waals surface area contributed by atoms with Crippen LogP contribution in [-0.4, -0.2) is 55.3 Å². The summed E-state index contributed by atoms with van der Waals surface area (Å²) in [6.07, 6.45) is 6.52. The number of rotatable bonds is 13. The molecular weight excluding hydrogens is 699 g/mol. The third-order valence-electron chi connectivity index (χ3n) is 10.3. The zero-order valence-corrected chi connectivity index (χ0v) is 31.3. The number of esters is 1. The molecule has 0 atom stereocenters. The molecule has 1 aliphatic rings. The zero-order valence-electron chi connectivity index (χ0n) is 31.3. The standard InChI is InChI=1S/C46H41N7O3/c1-3-4-24-42-47-30-38(29-40-39-22-14-15-23-41(39)52(45(40)55)32-43(54)56-2)51(42)31-33-25-27-34(28-26-33)44-48-50-53(49-44)46(35-16-8-5-9-17-35,36-18-10-6-11-19-36)37-20-12-7-13-21-37/h5-23,25-30H,3-4,24,31-32H2,1-2H3. The number of fused-ring (bicyclic) bond motifs is 1. The van der Waals surface area contributed by atoms with Crippen LogP contribution in [0.15, 0.2) is 146 Å². The van der Waals surface area contributed by atoms with E-state index >= 15 is 0 Å². The number of hydrogen-bond acceptors (Lipinski definition) is 7. The van der Waals surface area contributed by atoms with Crippen molar-refractivity contribution in [2.24, 2.45) is 0 Å². The van der Waals surface area contributed by atoms with Gasteiger partial charge in [-0.1, -0.05) is 147 Å². The maximum Gasteiger partial charge on any atom is 0.325 e. The van der Waals surface area contributed by atoms with Gasteiger partial charge in [-0.15, -0.1) is 15.0 Å². The van der Waals surface area contributed by atoms with E-state index < -0.39 is 11.5 Å². The van der Waals surface area contributed by atoms with Gasteiger partial charge < -0.3 is 9.30 Å². The number of aromatic nitrogens is 6. The zero-order chi connectivity index (χ0) is 38.5. The number of hydrogen-bond donors (Lipinski definition) is 0. The Hall–Kier alpha value is -6.94. The number of tetrazole rings is 1. The molecule has 0 N–H and O–H groups in total. The molecule has 0 unspecified atom stereocenters. The van der Waals surface area contributed by atoms with Gasteiger partial charge in [0, 0.05) is 24.1 Å². The Morgan fingerprint density at radius 2 is 1.39 bits per heavy atom. The highest BCUT2D eigenvalue weighted by atomic mass is 16.5. The lowest BCUT2D eigenvalue weighted by Crippen LogP contribution is -2.39. The molecule has 0 spiro atoms. The van der Waals surface area contributed by atoms with Gasteiger partial charge in [-0.25, -0.2) is 4.98 Å². The van der Waals surface area contributed by atoms with Crippen LogP contribution in [0.25, 0.3) is 23.0 Å². The lowest BCUT2D eigenvalue weighted by atomic mass is 9.77. The summed E-state index contributed by atoms with van der Waals surface area (Å²) in [5.74, 6) is 0.720. The summed E-state index contributed by atoms with van der Waals surface area (Å²) >= 11 is 0. The van der Waals surface area contributed by atoms with Crippen LogP contribution in [0.2, 0.25) is 0 Å². The molecule has 56 heavy (non-hydrogen) atoms. The molecule has 3 heterocycles. The summed E-state index contributed by atoms with van der Waals surface area (Å²) in [4.78, 5) is 34.0. The first-order chi connectivity index (χ1) is 27.5. The average molecular weight is 740 g/mol. The van der Waals surface area contributed by atoms with Crippen LogP contribution in [0.1, 0.15) is 59.1 Å². The summed E-state index contributed by atoms with van der Waals surface area (Å²) in [5, 5.41) is 14.4. The quantitative estimate of drug-likeness (QED) is 0.0674. The van der Waals surface area contributed by atoms with Crippen molar-refractivity contribution in [1.82, 2.24) is 29.8 Å². The van der Waals surface area contributed by atoms with E-state index in [1.54, 1.807) is 4.80 Å². The molecule has 5 aromatic carbocycles. The number of para-hydroxylation sites is 1. The fraction of sp³-hybridized carbons (Fsp3) is 0.174. The molecule has 1 aliphatic heterocycles. The van der Waals surface area contributed by atoms with E-state index in [-0.39, 0.29) is 12.5 Å². The smallest absolute Gasteiger partial charge is 0.325 e. The lowest BCUT2D eigenvalue weighted by molar-refractivity contribution is -0.139. The van der Waals surface area contributed by atoms with Crippen molar-refractivity contribution in [2.45, 2.75) is 38.3 Å². The van der Waals surface area contributed by atoms with Crippen LogP contribution in [0, 0.1) is 0 Å². The van der Waals surface area contributed by atoms with Crippen LogP contribution in [-0.2, 0) is 32.8 Å². The lowest BCUT2D eigenvalue weighted by Gasteiger charge is -2.34. The maximum atomic E-state index is 13.7. The van der Waals surface area contributed by atoms with Crippen molar-refractivity contribution in [3.05, 3.63) is 185 Å². The monoisotopic (exact) mass is 739 g/mol. The summed E-state index contributed by atoms with van der Waals surface area (Å²) < 4.78 is 7.05. The molecule has 10 heteroatoms. The topological polar surface area (TPSA) is 108 Å². The number of anilines is 1. The first kappa shape index (κ1) is 36.1. The molecule has 0 saturated heterocycles. The number of nitrogens with zero attached hydrogens (tertiary/aromatic N) is 7. The number of aryl methyl sites for hydroxylation is 1. The minimum absolute atomic E-state index is 0.161. The summed E-state index contributed by atoms with van der Waals surface area (Å²) in [6, 6.07) is 46.6. The Bertz CT molecular complexity index is 2390. The van der Waals surface area contributed by atoms with Crippen molar-refractivity contribution in [3.63, 3.8) is 0 Å². The molecule has 0 radical (unpaired) electrons. The molecule has 0 fully saturated rings. The van der Waals surface area contributed by atoms with Gasteiger partial charge in [-0.05, 0) is 46.0 Å². The second-order valence-corrected chi connectivity index (χ2v) is 13.7.